The van der Waals surface area contributed by atoms with Crippen LogP contribution in [0.1, 0.15) is 0 Å². The smallest absolute Gasteiger partial charge is 0.266 e. The second-order valence-electron chi connectivity index (χ2n) is 3.78. The van der Waals surface area contributed by atoms with Crippen molar-refractivity contribution in [2.45, 2.75) is 0 Å². The van der Waals surface area contributed by atoms with Crippen LogP contribution in [0.25, 0.3) is 0 Å². The molecular formula is C10H15IN4OS. The fourth-order valence-corrected chi connectivity index (χ4v) is 3.13. The van der Waals surface area contributed by atoms with Crippen molar-refractivity contribution in [3.63, 3.8) is 0 Å². The number of thioether (sulfide) groups is 1. The van der Waals surface area contributed by atoms with Gasteiger partial charge in [0, 0.05) is 37.7 Å². The van der Waals surface area contributed by atoms with E-state index in [4.69, 9.17) is 0 Å². The maximum Gasteiger partial charge on any atom is 0.266 e. The number of aromatic amines is 1. The van der Waals surface area contributed by atoms with E-state index in [0.29, 0.717) is 9.39 Å². The van der Waals surface area contributed by atoms with Crippen molar-refractivity contribution in [3.05, 3.63) is 20.3 Å². The van der Waals surface area contributed by atoms with Gasteiger partial charge >= 0.3 is 0 Å². The molecule has 0 spiro atoms. The van der Waals surface area contributed by atoms with Gasteiger partial charge in [0.1, 0.15) is 9.39 Å². The molecule has 2 N–H and O–H groups in total. The summed E-state index contributed by atoms with van der Waals surface area (Å²) < 4.78 is 0.624. The molecule has 2 rings (SSSR count). The standard InChI is InChI=1S/C10H15IN4OS/c11-8-9(13-7-14-10(8)16)12-1-2-15-3-5-17-6-4-15/h7H,1-6H2,(H2,12,13,14,16). The number of hydrogen-bond acceptors (Lipinski definition) is 5. The normalized spacial score (nSPS) is 17.0. The van der Waals surface area contributed by atoms with E-state index in [-0.39, 0.29) is 5.56 Å². The minimum absolute atomic E-state index is 0.0857. The molecule has 17 heavy (non-hydrogen) atoms. The zero-order valence-corrected chi connectivity index (χ0v) is 12.4. The zero-order valence-electron chi connectivity index (χ0n) is 9.41. The molecule has 1 aliphatic heterocycles. The monoisotopic (exact) mass is 366 g/mol. The quantitative estimate of drug-likeness (QED) is 0.774. The van der Waals surface area contributed by atoms with Crippen molar-refractivity contribution in [1.82, 2.24) is 14.9 Å². The third kappa shape index (κ3) is 3.85. The summed E-state index contributed by atoms with van der Waals surface area (Å²) in [6.45, 7) is 4.15. The van der Waals surface area contributed by atoms with E-state index in [1.54, 1.807) is 0 Å². The lowest BCUT2D eigenvalue weighted by Crippen LogP contribution is -2.36. The topological polar surface area (TPSA) is 61.0 Å². The summed E-state index contributed by atoms with van der Waals surface area (Å²) in [6, 6.07) is 0. The molecule has 1 aromatic heterocycles. The highest BCUT2D eigenvalue weighted by Gasteiger charge is 2.10. The zero-order chi connectivity index (χ0) is 12.1. The van der Waals surface area contributed by atoms with Gasteiger partial charge in [-0.25, -0.2) is 4.98 Å². The van der Waals surface area contributed by atoms with Crippen molar-refractivity contribution in [3.8, 4) is 0 Å². The Morgan fingerprint density at radius 3 is 3.06 bits per heavy atom. The van der Waals surface area contributed by atoms with Crippen LogP contribution >= 0.6 is 34.4 Å². The van der Waals surface area contributed by atoms with E-state index >= 15 is 0 Å². The van der Waals surface area contributed by atoms with Crippen LogP contribution in [0.5, 0.6) is 0 Å². The van der Waals surface area contributed by atoms with Crippen LogP contribution in [-0.2, 0) is 0 Å². The molecule has 0 saturated carbocycles. The molecule has 0 bridgehead atoms. The van der Waals surface area contributed by atoms with Crippen LogP contribution in [0, 0.1) is 3.57 Å². The lowest BCUT2D eigenvalue weighted by atomic mass is 10.4. The molecule has 5 nitrogen and oxygen atoms in total. The van der Waals surface area contributed by atoms with Gasteiger partial charge in [0.2, 0.25) is 0 Å². The van der Waals surface area contributed by atoms with Gasteiger partial charge in [-0.1, -0.05) is 0 Å². The molecule has 1 aromatic rings. The maximum atomic E-state index is 11.3. The molecule has 1 fully saturated rings. The first-order chi connectivity index (χ1) is 8.27. The van der Waals surface area contributed by atoms with Gasteiger partial charge in [0.25, 0.3) is 5.56 Å². The Labute approximate surface area is 118 Å². The van der Waals surface area contributed by atoms with Crippen molar-refractivity contribution in [2.24, 2.45) is 0 Å². The third-order valence-electron chi connectivity index (χ3n) is 2.62. The number of rotatable bonds is 4. The highest BCUT2D eigenvalue weighted by Crippen LogP contribution is 2.10. The molecule has 0 aliphatic carbocycles. The Kier molecular flexibility index (Phi) is 5.11. The van der Waals surface area contributed by atoms with Crippen molar-refractivity contribution >= 4 is 40.2 Å². The summed E-state index contributed by atoms with van der Waals surface area (Å²) in [6.07, 6.45) is 1.43. The maximum absolute atomic E-state index is 11.3. The highest BCUT2D eigenvalue weighted by molar-refractivity contribution is 14.1. The summed E-state index contributed by atoms with van der Waals surface area (Å²) in [5.74, 6) is 3.13. The second-order valence-corrected chi connectivity index (χ2v) is 6.08. The largest absolute Gasteiger partial charge is 0.368 e. The summed E-state index contributed by atoms with van der Waals surface area (Å²) in [5, 5.41) is 3.21. The molecule has 1 aliphatic rings. The molecule has 7 heteroatoms. The first kappa shape index (κ1) is 13.2. The summed E-state index contributed by atoms with van der Waals surface area (Å²) in [4.78, 5) is 20.5. The lowest BCUT2D eigenvalue weighted by molar-refractivity contribution is 0.314. The third-order valence-corrected chi connectivity index (χ3v) is 4.56. The van der Waals surface area contributed by atoms with Gasteiger partial charge in [0.15, 0.2) is 0 Å². The van der Waals surface area contributed by atoms with Gasteiger partial charge in [-0.05, 0) is 22.6 Å². The van der Waals surface area contributed by atoms with E-state index in [2.05, 4.69) is 20.2 Å². The Morgan fingerprint density at radius 1 is 1.53 bits per heavy atom. The number of hydrogen-bond donors (Lipinski definition) is 2. The first-order valence-corrected chi connectivity index (χ1v) is 7.78. The van der Waals surface area contributed by atoms with E-state index in [1.165, 1.54) is 17.8 Å². The fourth-order valence-electron chi connectivity index (χ4n) is 1.66. The number of anilines is 1. The van der Waals surface area contributed by atoms with Crippen molar-refractivity contribution < 1.29 is 0 Å². The Hall–Kier alpha value is -0.280. The van der Waals surface area contributed by atoms with E-state index in [9.17, 15) is 4.79 Å². The van der Waals surface area contributed by atoms with E-state index < -0.39 is 0 Å². The Balaban J connectivity index is 1.81. The average molecular weight is 366 g/mol. The average Bonchev–Trinajstić information content (AvgIpc) is 2.36. The molecule has 0 aromatic carbocycles. The first-order valence-electron chi connectivity index (χ1n) is 5.54. The second kappa shape index (κ2) is 6.60. The number of nitrogens with one attached hydrogen (secondary N) is 2. The fraction of sp³-hybridized carbons (Fsp3) is 0.600. The van der Waals surface area contributed by atoms with Crippen LogP contribution in [0.2, 0.25) is 0 Å². The Bertz CT molecular complexity index is 419. The van der Waals surface area contributed by atoms with E-state index in [0.717, 1.165) is 26.2 Å². The van der Waals surface area contributed by atoms with Gasteiger partial charge in [0.05, 0.1) is 6.33 Å². The molecule has 0 radical (unpaired) electrons. The van der Waals surface area contributed by atoms with Gasteiger partial charge in [-0.2, -0.15) is 11.8 Å². The molecule has 1 saturated heterocycles. The molecule has 0 unspecified atom stereocenters. The molecule has 0 atom stereocenters. The van der Waals surface area contributed by atoms with Crippen LogP contribution < -0.4 is 10.9 Å². The lowest BCUT2D eigenvalue weighted by Gasteiger charge is -2.26. The molecule has 0 amide bonds. The van der Waals surface area contributed by atoms with Crippen LogP contribution in [0.4, 0.5) is 5.82 Å². The summed E-state index contributed by atoms with van der Waals surface area (Å²) >= 11 is 4.03. The van der Waals surface area contributed by atoms with Gasteiger partial charge in [-0.15, -0.1) is 0 Å². The Morgan fingerprint density at radius 2 is 2.29 bits per heavy atom. The van der Waals surface area contributed by atoms with Crippen molar-refractivity contribution in [2.75, 3.05) is 43.0 Å². The van der Waals surface area contributed by atoms with Gasteiger partial charge in [-0.3, -0.25) is 9.69 Å². The van der Waals surface area contributed by atoms with Crippen molar-refractivity contribution in [1.29, 1.82) is 0 Å². The SMILES string of the molecule is O=c1[nH]cnc(NCCN2CCSCC2)c1I. The summed E-state index contributed by atoms with van der Waals surface area (Å²) in [7, 11) is 0. The number of aromatic nitrogens is 2. The van der Waals surface area contributed by atoms with E-state index in [1.807, 2.05) is 34.4 Å². The highest BCUT2D eigenvalue weighted by atomic mass is 127. The minimum Gasteiger partial charge on any atom is -0.368 e. The number of halogens is 1. The number of nitrogens with zero attached hydrogens (tertiary/aromatic N) is 2. The molecule has 94 valence electrons. The molecular weight excluding hydrogens is 351 g/mol. The predicted octanol–water partition coefficient (Wildman–Crippen LogP) is 0.835. The van der Waals surface area contributed by atoms with Crippen LogP contribution in [0.15, 0.2) is 11.1 Å². The van der Waals surface area contributed by atoms with Crippen LogP contribution in [-0.4, -0.2) is 52.6 Å². The predicted molar refractivity (Wildman–Crippen MR) is 79.8 cm³/mol. The van der Waals surface area contributed by atoms with Crippen LogP contribution in [0.3, 0.4) is 0 Å². The number of H-pyrrole nitrogens is 1. The molecule has 2 heterocycles. The summed E-state index contributed by atoms with van der Waals surface area (Å²) in [5.41, 5.74) is -0.0857. The minimum atomic E-state index is -0.0857. The van der Waals surface area contributed by atoms with Gasteiger partial charge < -0.3 is 10.3 Å².